The fourth-order valence-corrected chi connectivity index (χ4v) is 5.72. The van der Waals surface area contributed by atoms with Gasteiger partial charge in [-0.1, -0.05) is 43.6 Å². The highest BCUT2D eigenvalue weighted by Crippen LogP contribution is 2.51. The van der Waals surface area contributed by atoms with E-state index in [-0.39, 0.29) is 23.3 Å². The van der Waals surface area contributed by atoms with Crippen molar-refractivity contribution < 1.29 is 10.2 Å². The van der Waals surface area contributed by atoms with Crippen LogP contribution in [0, 0.1) is 13.1 Å². The minimum atomic E-state index is 0.00854. The summed E-state index contributed by atoms with van der Waals surface area (Å²) in [5.74, 6) is 0.762. The maximum absolute atomic E-state index is 10.9. The molecule has 0 amide bonds. The van der Waals surface area contributed by atoms with Gasteiger partial charge in [0.15, 0.2) is 0 Å². The van der Waals surface area contributed by atoms with Gasteiger partial charge in [0.2, 0.25) is 0 Å². The predicted molar refractivity (Wildman–Crippen MR) is 118 cm³/mol. The van der Waals surface area contributed by atoms with Crippen LogP contribution < -0.4 is 0 Å². The molecule has 132 valence electrons. The molecule has 24 heavy (non-hydrogen) atoms. The molecule has 4 heteroatoms. The average molecular weight is 552 g/mol. The summed E-state index contributed by atoms with van der Waals surface area (Å²) in [5.41, 5.74) is 4.15. The molecule has 1 aromatic carbocycles. The number of aromatic hydroxyl groups is 2. The number of hydrogen-bond acceptors (Lipinski definition) is 2. The van der Waals surface area contributed by atoms with Crippen molar-refractivity contribution in [2.45, 2.75) is 58.8 Å². The Balaban J connectivity index is 2.50. The lowest BCUT2D eigenvalue weighted by atomic mass is 9.83. The number of hydrogen-bond donors (Lipinski definition) is 2. The van der Waals surface area contributed by atoms with E-state index in [0.717, 1.165) is 50.4 Å². The molecule has 2 atom stereocenters. The maximum Gasteiger partial charge on any atom is 0.136 e. The number of rotatable bonds is 6. The molecule has 0 unspecified atom stereocenters. The van der Waals surface area contributed by atoms with E-state index >= 15 is 0 Å². The quantitative estimate of drug-likeness (QED) is 0.235. The predicted octanol–water partition coefficient (Wildman–Crippen LogP) is 6.67. The van der Waals surface area contributed by atoms with Gasteiger partial charge in [-0.2, -0.15) is 0 Å². The molecule has 2 N–H and O–H groups in total. The van der Waals surface area contributed by atoms with E-state index in [2.05, 4.69) is 71.7 Å². The highest BCUT2D eigenvalue weighted by atomic mass is 127. The molecular formula is C20H26I2O2. The summed E-state index contributed by atoms with van der Waals surface area (Å²) in [6.45, 7) is 10.4. The summed E-state index contributed by atoms with van der Waals surface area (Å²) in [7, 11) is 0. The molecule has 0 saturated heterocycles. The van der Waals surface area contributed by atoms with Crippen LogP contribution >= 0.6 is 45.2 Å². The van der Waals surface area contributed by atoms with Crippen molar-refractivity contribution >= 4 is 45.2 Å². The van der Waals surface area contributed by atoms with E-state index < -0.39 is 0 Å². The average Bonchev–Trinajstić information content (AvgIpc) is 2.91. The summed E-state index contributed by atoms with van der Waals surface area (Å²) in [4.78, 5) is 0. The highest BCUT2D eigenvalue weighted by Gasteiger charge is 2.34. The first-order chi connectivity index (χ1) is 11.3. The van der Waals surface area contributed by atoms with E-state index in [4.69, 9.17) is 0 Å². The minimum absolute atomic E-state index is 0.00854. The van der Waals surface area contributed by atoms with Gasteiger partial charge in [-0.3, -0.25) is 0 Å². The van der Waals surface area contributed by atoms with Crippen molar-refractivity contribution in [3.05, 3.63) is 42.1 Å². The van der Waals surface area contributed by atoms with Gasteiger partial charge < -0.3 is 10.2 Å². The Hall–Kier alpha value is -0.240. The third-order valence-electron chi connectivity index (χ3n) is 4.89. The Kier molecular flexibility index (Phi) is 7.05. The molecule has 0 saturated carbocycles. The standard InChI is InChI=1S/C20H26I2O2/c1-5-6-7-8-13-17(21)19(23)16(20(24)18(13)22)15-10-12(4)9-14(15)11(2)3/h10,14-15,23-24H,2,5-9H2,1,3-4H3/t14-,15+/m0/s1. The van der Waals surface area contributed by atoms with E-state index in [1.807, 2.05) is 6.92 Å². The first kappa shape index (κ1) is 20.1. The zero-order valence-electron chi connectivity index (χ0n) is 14.6. The van der Waals surface area contributed by atoms with Gasteiger partial charge in [-0.05, 0) is 89.8 Å². The number of phenolic OH excluding ortho intramolecular Hbond substituents is 2. The van der Waals surface area contributed by atoms with Crippen LogP contribution in [0.1, 0.15) is 63.5 Å². The van der Waals surface area contributed by atoms with Gasteiger partial charge in [0.1, 0.15) is 11.5 Å². The van der Waals surface area contributed by atoms with Crippen LogP contribution in [0.4, 0.5) is 0 Å². The van der Waals surface area contributed by atoms with E-state index in [9.17, 15) is 10.2 Å². The molecule has 2 nitrogen and oxygen atoms in total. The third kappa shape index (κ3) is 3.94. The van der Waals surface area contributed by atoms with E-state index in [1.54, 1.807) is 0 Å². The second-order valence-electron chi connectivity index (χ2n) is 6.87. The second-order valence-corrected chi connectivity index (χ2v) is 9.03. The zero-order valence-corrected chi connectivity index (χ0v) is 18.9. The van der Waals surface area contributed by atoms with Crippen LogP contribution in [0.25, 0.3) is 0 Å². The van der Waals surface area contributed by atoms with Gasteiger partial charge in [0, 0.05) is 11.5 Å². The molecule has 0 fully saturated rings. The molecule has 0 heterocycles. The lowest BCUT2D eigenvalue weighted by molar-refractivity contribution is 0.417. The van der Waals surface area contributed by atoms with Crippen LogP contribution in [0.3, 0.4) is 0 Å². The largest absolute Gasteiger partial charge is 0.506 e. The molecule has 0 bridgehead atoms. The van der Waals surface area contributed by atoms with Gasteiger partial charge >= 0.3 is 0 Å². The molecule has 1 aliphatic rings. The second kappa shape index (κ2) is 8.43. The Bertz CT molecular complexity index is 648. The van der Waals surface area contributed by atoms with Crippen molar-refractivity contribution in [3.8, 4) is 11.5 Å². The van der Waals surface area contributed by atoms with Crippen molar-refractivity contribution in [1.29, 1.82) is 0 Å². The fourth-order valence-electron chi connectivity index (χ4n) is 3.55. The van der Waals surface area contributed by atoms with Crippen LogP contribution in [-0.2, 0) is 6.42 Å². The van der Waals surface area contributed by atoms with E-state index in [1.165, 1.54) is 5.57 Å². The molecule has 0 spiro atoms. The molecule has 0 aliphatic heterocycles. The Morgan fingerprint density at radius 2 is 1.79 bits per heavy atom. The fraction of sp³-hybridized carbons (Fsp3) is 0.500. The SMILES string of the molecule is C=C(C)[C@@H]1CC(C)=C[C@H]1c1c(O)c(I)c(CCCCC)c(I)c1O. The van der Waals surface area contributed by atoms with Crippen LogP contribution in [0.5, 0.6) is 11.5 Å². The summed E-state index contributed by atoms with van der Waals surface area (Å²) >= 11 is 4.46. The molecular weight excluding hydrogens is 526 g/mol. The van der Waals surface area contributed by atoms with Crippen LogP contribution in [0.15, 0.2) is 23.8 Å². The Morgan fingerprint density at radius 1 is 1.21 bits per heavy atom. The first-order valence-electron chi connectivity index (χ1n) is 8.53. The number of allylic oxidation sites excluding steroid dienone is 3. The lowest BCUT2D eigenvalue weighted by Crippen LogP contribution is -2.10. The minimum Gasteiger partial charge on any atom is -0.506 e. The molecule has 0 radical (unpaired) electrons. The molecule has 1 aromatic rings. The summed E-state index contributed by atoms with van der Waals surface area (Å²) in [6, 6.07) is 0. The third-order valence-corrected chi connectivity index (χ3v) is 7.22. The smallest absolute Gasteiger partial charge is 0.136 e. The van der Waals surface area contributed by atoms with Crippen LogP contribution in [-0.4, -0.2) is 10.2 Å². The summed E-state index contributed by atoms with van der Waals surface area (Å²) in [6.07, 6.45) is 7.43. The monoisotopic (exact) mass is 552 g/mol. The highest BCUT2D eigenvalue weighted by molar-refractivity contribution is 14.1. The van der Waals surface area contributed by atoms with Crippen molar-refractivity contribution in [1.82, 2.24) is 0 Å². The molecule has 2 rings (SSSR count). The first-order valence-corrected chi connectivity index (χ1v) is 10.7. The van der Waals surface area contributed by atoms with Gasteiger partial charge in [-0.15, -0.1) is 0 Å². The number of unbranched alkanes of at least 4 members (excludes halogenated alkanes) is 2. The number of benzene rings is 1. The zero-order chi connectivity index (χ0) is 18.0. The Labute approximate surface area is 172 Å². The van der Waals surface area contributed by atoms with Crippen LogP contribution in [0.2, 0.25) is 0 Å². The van der Waals surface area contributed by atoms with Gasteiger partial charge in [0.25, 0.3) is 0 Å². The van der Waals surface area contributed by atoms with Crippen molar-refractivity contribution in [2.24, 2.45) is 5.92 Å². The molecule has 0 aromatic heterocycles. The number of phenols is 2. The summed E-state index contributed by atoms with van der Waals surface area (Å²) < 4.78 is 1.78. The number of halogens is 2. The summed E-state index contributed by atoms with van der Waals surface area (Å²) in [5, 5.41) is 21.7. The normalized spacial score (nSPS) is 20.3. The topological polar surface area (TPSA) is 40.5 Å². The van der Waals surface area contributed by atoms with Gasteiger partial charge in [0.05, 0.1) is 7.14 Å². The van der Waals surface area contributed by atoms with Gasteiger partial charge in [-0.25, -0.2) is 0 Å². The van der Waals surface area contributed by atoms with E-state index in [0.29, 0.717) is 5.56 Å². The maximum atomic E-state index is 10.9. The lowest BCUT2D eigenvalue weighted by Gasteiger charge is -2.24. The Morgan fingerprint density at radius 3 is 2.29 bits per heavy atom. The molecule has 1 aliphatic carbocycles. The van der Waals surface area contributed by atoms with Crippen molar-refractivity contribution in [2.75, 3.05) is 0 Å². The van der Waals surface area contributed by atoms with Crippen molar-refractivity contribution in [3.63, 3.8) is 0 Å².